The minimum atomic E-state index is 0.439. The Balaban J connectivity index is 2.10. The number of fused-ring (bicyclic) bond motifs is 1. The van der Waals surface area contributed by atoms with Crippen LogP contribution in [0.4, 0.5) is 0 Å². The van der Waals surface area contributed by atoms with E-state index >= 15 is 0 Å². The summed E-state index contributed by atoms with van der Waals surface area (Å²) in [6, 6.07) is 4.30. The summed E-state index contributed by atoms with van der Waals surface area (Å²) in [5.41, 5.74) is 2.31. The van der Waals surface area contributed by atoms with Gasteiger partial charge >= 0.3 is 0 Å². The smallest absolute Gasteiger partial charge is 0.125 e. The second-order valence-electron chi connectivity index (χ2n) is 5.22. The molecule has 3 heteroatoms. The molecule has 2 aromatic rings. The number of nitrogens with zero attached hydrogens (tertiary/aromatic N) is 2. The molecule has 0 amide bonds. The van der Waals surface area contributed by atoms with Crippen LogP contribution in [0, 0.1) is 0 Å². The molecule has 1 saturated carbocycles. The molecule has 1 aliphatic rings. The molecule has 1 fully saturated rings. The van der Waals surface area contributed by atoms with Gasteiger partial charge in [0.2, 0.25) is 0 Å². The normalized spacial score (nSPS) is 15.8. The summed E-state index contributed by atoms with van der Waals surface area (Å²) in [5, 5.41) is 5.63. The minimum Gasteiger partial charge on any atom is -0.490 e. The number of rotatable bonds is 3. The summed E-state index contributed by atoms with van der Waals surface area (Å²) in [6.07, 6.45) is 4.88. The van der Waals surface area contributed by atoms with Crippen molar-refractivity contribution in [3.63, 3.8) is 0 Å². The fraction of sp³-hybridized carbons (Fsp3) is 0.500. The largest absolute Gasteiger partial charge is 0.490 e. The molecule has 0 aliphatic heterocycles. The Kier molecular flexibility index (Phi) is 2.35. The van der Waals surface area contributed by atoms with Crippen molar-refractivity contribution in [2.24, 2.45) is 7.05 Å². The van der Waals surface area contributed by atoms with Gasteiger partial charge in [-0.3, -0.25) is 4.68 Å². The van der Waals surface area contributed by atoms with Crippen molar-refractivity contribution in [2.75, 3.05) is 0 Å². The van der Waals surface area contributed by atoms with Crippen molar-refractivity contribution in [1.29, 1.82) is 0 Å². The van der Waals surface area contributed by atoms with E-state index in [0.29, 0.717) is 12.0 Å². The van der Waals surface area contributed by atoms with E-state index in [2.05, 4.69) is 37.3 Å². The van der Waals surface area contributed by atoms with Gasteiger partial charge in [-0.25, -0.2) is 0 Å². The second-order valence-corrected chi connectivity index (χ2v) is 5.22. The van der Waals surface area contributed by atoms with Gasteiger partial charge in [0.25, 0.3) is 0 Å². The van der Waals surface area contributed by atoms with Crippen molar-refractivity contribution in [3.8, 4) is 5.75 Å². The van der Waals surface area contributed by atoms with Crippen LogP contribution in [0.2, 0.25) is 0 Å². The summed E-state index contributed by atoms with van der Waals surface area (Å²) < 4.78 is 7.84. The lowest BCUT2D eigenvalue weighted by Crippen LogP contribution is -2.01. The predicted octanol–water partition coefficient (Wildman–Crippen LogP) is 3.24. The fourth-order valence-electron chi connectivity index (χ4n) is 2.11. The summed E-state index contributed by atoms with van der Waals surface area (Å²) in [5.74, 6) is 1.50. The minimum absolute atomic E-state index is 0.439. The first-order valence-corrected chi connectivity index (χ1v) is 6.27. The molecule has 3 rings (SSSR count). The van der Waals surface area contributed by atoms with E-state index in [-0.39, 0.29) is 0 Å². The average Bonchev–Trinajstić information content (AvgIpc) is 2.97. The second kappa shape index (κ2) is 3.76. The number of ether oxygens (including phenoxy) is 1. The fourth-order valence-corrected chi connectivity index (χ4v) is 2.11. The van der Waals surface area contributed by atoms with Crippen LogP contribution in [0.15, 0.2) is 18.3 Å². The maximum Gasteiger partial charge on any atom is 0.125 e. The van der Waals surface area contributed by atoms with Crippen molar-refractivity contribution < 1.29 is 4.74 Å². The van der Waals surface area contributed by atoms with Crippen molar-refractivity contribution in [1.82, 2.24) is 9.78 Å². The molecule has 0 atom stereocenters. The lowest BCUT2D eigenvalue weighted by molar-refractivity contribution is 0.299. The van der Waals surface area contributed by atoms with Crippen molar-refractivity contribution in [3.05, 3.63) is 23.9 Å². The van der Waals surface area contributed by atoms with Crippen LogP contribution in [0.1, 0.15) is 38.2 Å². The molecule has 0 radical (unpaired) electrons. The maximum absolute atomic E-state index is 5.99. The zero-order chi connectivity index (χ0) is 12.0. The van der Waals surface area contributed by atoms with E-state index < -0.39 is 0 Å². The molecule has 1 heterocycles. The van der Waals surface area contributed by atoms with Crippen LogP contribution in [0.3, 0.4) is 0 Å². The van der Waals surface area contributed by atoms with Crippen molar-refractivity contribution in [2.45, 2.75) is 38.7 Å². The molecule has 17 heavy (non-hydrogen) atoms. The topological polar surface area (TPSA) is 27.1 Å². The zero-order valence-electron chi connectivity index (χ0n) is 10.6. The Morgan fingerprint density at radius 2 is 2.12 bits per heavy atom. The Bertz CT molecular complexity index is 553. The maximum atomic E-state index is 5.99. The highest BCUT2D eigenvalue weighted by Gasteiger charge is 2.25. The number of hydrogen-bond acceptors (Lipinski definition) is 2. The first-order valence-electron chi connectivity index (χ1n) is 6.27. The molecule has 1 aromatic carbocycles. The highest BCUT2D eigenvalue weighted by molar-refractivity contribution is 5.81. The lowest BCUT2D eigenvalue weighted by Gasteiger charge is -2.13. The van der Waals surface area contributed by atoms with Crippen LogP contribution in [-0.2, 0) is 7.05 Å². The molecule has 0 spiro atoms. The molecule has 0 unspecified atom stereocenters. The van der Waals surface area contributed by atoms with E-state index in [4.69, 9.17) is 4.74 Å². The van der Waals surface area contributed by atoms with Crippen LogP contribution < -0.4 is 4.74 Å². The van der Waals surface area contributed by atoms with E-state index in [0.717, 1.165) is 11.3 Å². The Morgan fingerprint density at radius 1 is 1.35 bits per heavy atom. The Hall–Kier alpha value is -1.51. The lowest BCUT2D eigenvalue weighted by atomic mass is 10.0. The van der Waals surface area contributed by atoms with E-state index in [1.807, 2.05) is 11.7 Å². The Labute approximate surface area is 101 Å². The zero-order valence-corrected chi connectivity index (χ0v) is 10.6. The molecule has 1 aliphatic carbocycles. The summed E-state index contributed by atoms with van der Waals surface area (Å²) >= 11 is 0. The van der Waals surface area contributed by atoms with Crippen LogP contribution in [0.25, 0.3) is 10.9 Å². The number of hydrogen-bond donors (Lipinski definition) is 0. The van der Waals surface area contributed by atoms with Crippen LogP contribution >= 0.6 is 0 Å². The third-order valence-electron chi connectivity index (χ3n) is 3.19. The van der Waals surface area contributed by atoms with Crippen LogP contribution in [0.5, 0.6) is 5.75 Å². The van der Waals surface area contributed by atoms with Gasteiger partial charge in [-0.1, -0.05) is 13.8 Å². The van der Waals surface area contributed by atoms with E-state index in [9.17, 15) is 0 Å². The Morgan fingerprint density at radius 3 is 2.76 bits per heavy atom. The third-order valence-corrected chi connectivity index (χ3v) is 3.19. The standard InChI is InChI=1S/C14H18N2O/c1-9(2)12-6-10-8-16(3)15-13(10)7-14(12)17-11-4-5-11/h6-9,11H,4-5H2,1-3H3. The number of benzene rings is 1. The summed E-state index contributed by atoms with van der Waals surface area (Å²) in [4.78, 5) is 0. The third kappa shape index (κ3) is 2.02. The molecule has 3 nitrogen and oxygen atoms in total. The highest BCUT2D eigenvalue weighted by atomic mass is 16.5. The van der Waals surface area contributed by atoms with Gasteiger partial charge in [-0.05, 0) is 30.4 Å². The van der Waals surface area contributed by atoms with Gasteiger partial charge in [0, 0.05) is 24.7 Å². The molecule has 1 aromatic heterocycles. The van der Waals surface area contributed by atoms with Crippen LogP contribution in [-0.4, -0.2) is 15.9 Å². The first kappa shape index (κ1) is 10.6. The monoisotopic (exact) mass is 230 g/mol. The van der Waals surface area contributed by atoms with Gasteiger partial charge in [0.1, 0.15) is 5.75 Å². The quantitative estimate of drug-likeness (QED) is 0.809. The molecule has 0 bridgehead atoms. The average molecular weight is 230 g/mol. The molecule has 0 saturated heterocycles. The SMILES string of the molecule is CC(C)c1cc2cn(C)nc2cc1OC1CC1. The number of aromatic nitrogens is 2. The summed E-state index contributed by atoms with van der Waals surface area (Å²) in [6.45, 7) is 4.41. The molecular formula is C14H18N2O. The predicted molar refractivity (Wildman–Crippen MR) is 68.5 cm³/mol. The van der Waals surface area contributed by atoms with Gasteiger partial charge in [0.05, 0.1) is 11.6 Å². The highest BCUT2D eigenvalue weighted by Crippen LogP contribution is 2.35. The van der Waals surface area contributed by atoms with E-state index in [1.165, 1.54) is 23.8 Å². The molecule has 0 N–H and O–H groups in total. The molecular weight excluding hydrogens is 212 g/mol. The first-order chi connectivity index (χ1) is 8.13. The van der Waals surface area contributed by atoms with Gasteiger partial charge < -0.3 is 4.74 Å². The van der Waals surface area contributed by atoms with Gasteiger partial charge in [-0.2, -0.15) is 5.10 Å². The van der Waals surface area contributed by atoms with Crippen molar-refractivity contribution >= 4 is 10.9 Å². The summed E-state index contributed by atoms with van der Waals surface area (Å²) in [7, 11) is 1.95. The van der Waals surface area contributed by atoms with Gasteiger partial charge in [-0.15, -0.1) is 0 Å². The van der Waals surface area contributed by atoms with E-state index in [1.54, 1.807) is 0 Å². The molecule has 90 valence electrons. The van der Waals surface area contributed by atoms with Gasteiger partial charge in [0.15, 0.2) is 0 Å². The number of aryl methyl sites for hydroxylation is 1.